The van der Waals surface area contributed by atoms with E-state index in [4.69, 9.17) is 14.1 Å². The quantitative estimate of drug-likeness (QED) is 0.389. The zero-order valence-corrected chi connectivity index (χ0v) is 19.6. The minimum atomic E-state index is -0.144. The molecule has 5 rings (SSSR count). The number of rotatable bonds is 6. The number of para-hydroxylation sites is 2. The summed E-state index contributed by atoms with van der Waals surface area (Å²) in [6.07, 6.45) is 0.862. The number of aryl methyl sites for hydroxylation is 1. The van der Waals surface area contributed by atoms with Crippen molar-refractivity contribution < 1.29 is 13.9 Å². The third kappa shape index (κ3) is 4.66. The lowest BCUT2D eigenvalue weighted by Crippen LogP contribution is -2.39. The Morgan fingerprint density at radius 3 is 2.75 bits per heavy atom. The first kappa shape index (κ1) is 22.7. The van der Waals surface area contributed by atoms with Crippen LogP contribution in [0.2, 0.25) is 0 Å². The number of thiazole rings is 1. The Kier molecular flexibility index (Phi) is 7.10. The van der Waals surface area contributed by atoms with E-state index in [1.54, 1.807) is 16.2 Å². The van der Waals surface area contributed by atoms with Crippen molar-refractivity contribution in [1.29, 1.82) is 0 Å². The molecule has 0 bridgehead atoms. The van der Waals surface area contributed by atoms with Crippen molar-refractivity contribution in [3.8, 4) is 0 Å². The van der Waals surface area contributed by atoms with Crippen LogP contribution in [0.4, 0.5) is 5.13 Å². The molecule has 1 saturated heterocycles. The van der Waals surface area contributed by atoms with Crippen molar-refractivity contribution in [2.45, 2.75) is 13.3 Å². The van der Waals surface area contributed by atoms with Gasteiger partial charge in [-0.25, -0.2) is 4.98 Å². The summed E-state index contributed by atoms with van der Waals surface area (Å²) < 4.78 is 12.4. The minimum absolute atomic E-state index is 0. The van der Waals surface area contributed by atoms with Gasteiger partial charge in [-0.3, -0.25) is 14.6 Å². The normalized spacial score (nSPS) is 14.5. The van der Waals surface area contributed by atoms with Crippen LogP contribution in [-0.2, 0) is 4.74 Å². The summed E-state index contributed by atoms with van der Waals surface area (Å²) in [4.78, 5) is 22.5. The van der Waals surface area contributed by atoms with Crippen LogP contribution in [0.3, 0.4) is 0 Å². The molecular formula is C24H26ClN3O3S. The molecule has 8 heteroatoms. The van der Waals surface area contributed by atoms with E-state index in [-0.39, 0.29) is 18.3 Å². The Bertz CT molecular complexity index is 1180. The Morgan fingerprint density at radius 1 is 1.16 bits per heavy atom. The van der Waals surface area contributed by atoms with Gasteiger partial charge >= 0.3 is 0 Å². The molecule has 1 fully saturated rings. The molecule has 2 aromatic carbocycles. The SMILES string of the molecule is Cc1cccc2sc(N(CCCN3CCOCC3)C(=O)c3cc4ccccc4o3)nc12.Cl. The average Bonchev–Trinajstić information content (AvgIpc) is 3.42. The molecule has 1 amide bonds. The Morgan fingerprint density at radius 2 is 1.97 bits per heavy atom. The number of carbonyl (C=O) groups is 1. The molecule has 2 aromatic heterocycles. The summed E-state index contributed by atoms with van der Waals surface area (Å²) in [6.45, 7) is 7.01. The number of anilines is 1. The van der Waals surface area contributed by atoms with E-state index in [9.17, 15) is 4.79 Å². The van der Waals surface area contributed by atoms with Gasteiger partial charge in [0.15, 0.2) is 10.9 Å². The second kappa shape index (κ2) is 10.0. The Labute approximate surface area is 197 Å². The van der Waals surface area contributed by atoms with Gasteiger partial charge in [-0.2, -0.15) is 0 Å². The van der Waals surface area contributed by atoms with E-state index in [2.05, 4.69) is 24.0 Å². The van der Waals surface area contributed by atoms with E-state index in [1.807, 2.05) is 36.4 Å². The Hall–Kier alpha value is -2.45. The van der Waals surface area contributed by atoms with Crippen molar-refractivity contribution in [2.75, 3.05) is 44.3 Å². The molecule has 1 aliphatic rings. The van der Waals surface area contributed by atoms with Crippen molar-refractivity contribution in [3.05, 3.63) is 59.9 Å². The second-order valence-corrected chi connectivity index (χ2v) is 8.84. The lowest BCUT2D eigenvalue weighted by atomic mass is 10.2. The first-order valence-electron chi connectivity index (χ1n) is 10.7. The van der Waals surface area contributed by atoms with Gasteiger partial charge in [-0.1, -0.05) is 41.7 Å². The van der Waals surface area contributed by atoms with Crippen LogP contribution in [0.25, 0.3) is 21.2 Å². The van der Waals surface area contributed by atoms with Crippen LogP contribution in [0.1, 0.15) is 22.5 Å². The fraction of sp³-hybridized carbons (Fsp3) is 0.333. The van der Waals surface area contributed by atoms with E-state index >= 15 is 0 Å². The summed E-state index contributed by atoms with van der Waals surface area (Å²) in [5.41, 5.74) is 2.79. The summed E-state index contributed by atoms with van der Waals surface area (Å²) in [6, 6.07) is 15.7. The van der Waals surface area contributed by atoms with Crippen molar-refractivity contribution in [1.82, 2.24) is 9.88 Å². The molecule has 0 unspecified atom stereocenters. The smallest absolute Gasteiger partial charge is 0.295 e. The highest BCUT2D eigenvalue weighted by Gasteiger charge is 2.25. The highest BCUT2D eigenvalue weighted by molar-refractivity contribution is 7.22. The molecule has 1 aliphatic heterocycles. The van der Waals surface area contributed by atoms with Gasteiger partial charge in [0, 0.05) is 31.6 Å². The van der Waals surface area contributed by atoms with E-state index in [0.717, 1.165) is 71.1 Å². The number of amides is 1. The third-order valence-corrected chi connectivity index (χ3v) is 6.73. The Balaban J connectivity index is 0.00000245. The summed E-state index contributed by atoms with van der Waals surface area (Å²) in [7, 11) is 0. The van der Waals surface area contributed by atoms with Gasteiger partial charge in [0.25, 0.3) is 5.91 Å². The summed E-state index contributed by atoms with van der Waals surface area (Å²) >= 11 is 1.55. The average molecular weight is 472 g/mol. The number of fused-ring (bicyclic) bond motifs is 2. The number of benzene rings is 2. The largest absolute Gasteiger partial charge is 0.451 e. The van der Waals surface area contributed by atoms with Gasteiger partial charge in [0.2, 0.25) is 0 Å². The third-order valence-electron chi connectivity index (χ3n) is 5.68. The molecule has 6 nitrogen and oxygen atoms in total. The number of nitrogens with zero attached hydrogens (tertiary/aromatic N) is 3. The lowest BCUT2D eigenvalue weighted by molar-refractivity contribution is 0.0376. The molecule has 0 atom stereocenters. The van der Waals surface area contributed by atoms with Crippen molar-refractivity contribution in [3.63, 3.8) is 0 Å². The van der Waals surface area contributed by atoms with E-state index < -0.39 is 0 Å². The zero-order valence-electron chi connectivity index (χ0n) is 18.0. The van der Waals surface area contributed by atoms with E-state index in [1.165, 1.54) is 0 Å². The number of halogens is 1. The van der Waals surface area contributed by atoms with Gasteiger partial charge < -0.3 is 9.15 Å². The van der Waals surface area contributed by atoms with Gasteiger partial charge in [-0.15, -0.1) is 12.4 Å². The van der Waals surface area contributed by atoms with Crippen molar-refractivity contribution >= 4 is 56.0 Å². The molecule has 0 radical (unpaired) electrons. The zero-order chi connectivity index (χ0) is 21.2. The molecule has 3 heterocycles. The number of furan rings is 1. The van der Waals surface area contributed by atoms with Gasteiger partial charge in [0.05, 0.1) is 23.4 Å². The molecule has 168 valence electrons. The number of carbonyl (C=O) groups excluding carboxylic acids is 1. The van der Waals surface area contributed by atoms with Crippen LogP contribution in [-0.4, -0.2) is 55.2 Å². The number of aromatic nitrogens is 1. The van der Waals surface area contributed by atoms with Crippen LogP contribution in [0.5, 0.6) is 0 Å². The standard InChI is InChI=1S/C24H25N3O3S.ClH/c1-17-6-4-9-21-22(17)25-24(31-21)27(11-5-10-26-12-14-29-15-13-26)23(28)20-16-18-7-2-3-8-19(18)30-20;/h2-4,6-9,16H,5,10-15H2,1H3;1H. The fourth-order valence-corrected chi connectivity index (χ4v) is 5.04. The number of hydrogen-bond acceptors (Lipinski definition) is 6. The van der Waals surface area contributed by atoms with Crippen LogP contribution >= 0.6 is 23.7 Å². The molecule has 0 N–H and O–H groups in total. The maximum absolute atomic E-state index is 13.5. The van der Waals surface area contributed by atoms with Gasteiger partial charge in [0.1, 0.15) is 5.58 Å². The first-order valence-corrected chi connectivity index (χ1v) is 11.5. The second-order valence-electron chi connectivity index (χ2n) is 7.83. The van der Waals surface area contributed by atoms with Gasteiger partial charge in [-0.05, 0) is 37.1 Å². The monoisotopic (exact) mass is 471 g/mol. The number of morpholine rings is 1. The molecular weight excluding hydrogens is 446 g/mol. The van der Waals surface area contributed by atoms with Crippen LogP contribution in [0, 0.1) is 6.92 Å². The van der Waals surface area contributed by atoms with Crippen LogP contribution in [0.15, 0.2) is 52.9 Å². The molecule has 0 saturated carbocycles. The first-order chi connectivity index (χ1) is 15.2. The summed E-state index contributed by atoms with van der Waals surface area (Å²) in [5, 5.41) is 1.65. The molecule has 0 spiro atoms. The summed E-state index contributed by atoms with van der Waals surface area (Å²) in [5.74, 6) is 0.207. The molecule has 4 aromatic rings. The maximum atomic E-state index is 13.5. The maximum Gasteiger partial charge on any atom is 0.295 e. The van der Waals surface area contributed by atoms with E-state index in [0.29, 0.717) is 12.3 Å². The minimum Gasteiger partial charge on any atom is -0.451 e. The van der Waals surface area contributed by atoms with Crippen LogP contribution < -0.4 is 4.90 Å². The number of hydrogen-bond donors (Lipinski definition) is 0. The highest BCUT2D eigenvalue weighted by atomic mass is 35.5. The molecule has 0 aliphatic carbocycles. The predicted molar refractivity (Wildman–Crippen MR) is 131 cm³/mol. The topological polar surface area (TPSA) is 58.8 Å². The predicted octanol–water partition coefficient (Wildman–Crippen LogP) is 5.14. The highest BCUT2D eigenvalue weighted by Crippen LogP contribution is 2.32. The fourth-order valence-electron chi connectivity index (χ4n) is 3.97. The number of ether oxygens (including phenoxy) is 1. The lowest BCUT2D eigenvalue weighted by Gasteiger charge is -2.27. The van der Waals surface area contributed by atoms with Crippen molar-refractivity contribution in [2.24, 2.45) is 0 Å². The molecule has 32 heavy (non-hydrogen) atoms.